The first-order valence-electron chi connectivity index (χ1n) is 8.94. The summed E-state index contributed by atoms with van der Waals surface area (Å²) in [5, 5.41) is -0.480. The van der Waals surface area contributed by atoms with Gasteiger partial charge in [-0.3, -0.25) is 14.2 Å². The van der Waals surface area contributed by atoms with Crippen molar-refractivity contribution < 1.29 is 26.7 Å². The number of benzene rings is 1. The van der Waals surface area contributed by atoms with Crippen LogP contribution in [-0.2, 0) is 24.6 Å². The third kappa shape index (κ3) is 3.78. The third-order valence-electron chi connectivity index (χ3n) is 5.03. The average molecular weight is 461 g/mol. The van der Waals surface area contributed by atoms with Crippen molar-refractivity contribution in [1.82, 2.24) is 19.0 Å². The Morgan fingerprint density at radius 1 is 1.26 bits per heavy atom. The molecule has 1 aromatic carbocycles. The molecule has 31 heavy (non-hydrogen) atoms. The van der Waals surface area contributed by atoms with Gasteiger partial charge < -0.3 is 9.47 Å². The van der Waals surface area contributed by atoms with Crippen molar-refractivity contribution in [3.8, 4) is 11.1 Å². The molecular formula is C19H14ClF5N4O2. The van der Waals surface area contributed by atoms with Crippen molar-refractivity contribution in [1.29, 1.82) is 0 Å². The minimum atomic E-state index is -4.69. The molecule has 0 aliphatic carbocycles. The zero-order valence-electron chi connectivity index (χ0n) is 15.9. The Hall–Kier alpha value is -2.95. The van der Waals surface area contributed by atoms with E-state index in [0.29, 0.717) is 0 Å². The molecule has 0 N–H and O–H groups in total. The highest BCUT2D eigenvalue weighted by atomic mass is 35.5. The van der Waals surface area contributed by atoms with Gasteiger partial charge in [-0.1, -0.05) is 17.7 Å². The number of amides is 1. The fourth-order valence-electron chi connectivity index (χ4n) is 3.48. The molecule has 0 radical (unpaired) electrons. The van der Waals surface area contributed by atoms with E-state index in [1.165, 1.54) is 16.8 Å². The number of halogens is 6. The Bertz CT molecular complexity index is 1260. The number of fused-ring (bicyclic) bond motifs is 1. The molecule has 6 nitrogen and oxygen atoms in total. The van der Waals surface area contributed by atoms with E-state index in [0.717, 1.165) is 27.9 Å². The van der Waals surface area contributed by atoms with Gasteiger partial charge in [0, 0.05) is 18.8 Å². The van der Waals surface area contributed by atoms with Gasteiger partial charge in [-0.2, -0.15) is 13.2 Å². The van der Waals surface area contributed by atoms with Gasteiger partial charge in [-0.15, -0.1) is 0 Å². The van der Waals surface area contributed by atoms with Crippen LogP contribution in [0.4, 0.5) is 22.0 Å². The number of rotatable bonds is 3. The van der Waals surface area contributed by atoms with Crippen LogP contribution in [0.2, 0.25) is 5.02 Å². The van der Waals surface area contributed by atoms with Crippen LogP contribution in [0.5, 0.6) is 0 Å². The fraction of sp³-hybridized carbons (Fsp3) is 0.316. The minimum absolute atomic E-state index is 0.00202. The van der Waals surface area contributed by atoms with Gasteiger partial charge in [0.2, 0.25) is 5.91 Å². The molecule has 4 rings (SSSR count). The summed E-state index contributed by atoms with van der Waals surface area (Å²) in [5.74, 6) is -3.63. The Morgan fingerprint density at radius 2 is 1.94 bits per heavy atom. The highest BCUT2D eigenvalue weighted by molar-refractivity contribution is 6.31. The first-order valence-corrected chi connectivity index (χ1v) is 9.32. The van der Waals surface area contributed by atoms with Crippen molar-refractivity contribution in [2.24, 2.45) is 7.05 Å². The van der Waals surface area contributed by atoms with Crippen LogP contribution >= 0.6 is 11.6 Å². The Morgan fingerprint density at radius 3 is 2.55 bits per heavy atom. The molecular weight excluding hydrogens is 447 g/mol. The second-order valence-electron chi connectivity index (χ2n) is 7.33. The molecule has 0 bridgehead atoms. The molecule has 0 unspecified atom stereocenters. The molecule has 1 amide bonds. The maximum absolute atomic E-state index is 13.3. The maximum atomic E-state index is 13.3. The van der Waals surface area contributed by atoms with E-state index in [2.05, 4.69) is 4.98 Å². The van der Waals surface area contributed by atoms with Crippen molar-refractivity contribution in [2.45, 2.75) is 18.6 Å². The zero-order chi connectivity index (χ0) is 22.7. The van der Waals surface area contributed by atoms with Gasteiger partial charge in [0.1, 0.15) is 18.5 Å². The predicted octanol–water partition coefficient (Wildman–Crippen LogP) is 3.55. The molecule has 0 spiro atoms. The number of alkyl halides is 5. The molecule has 3 heterocycles. The quantitative estimate of drug-likeness (QED) is 0.562. The standard InChI is InChI=1S/C19H14ClF5N4O2/c1-27-5-11(10-2-3-13(20)12(4-10)19(23,24)25)15-16(27)26-9-28(17(15)31)6-14(30)29-7-18(21,22)8-29/h2-5,9H,6-8H2,1H3. The van der Waals surface area contributed by atoms with Crippen LogP contribution in [0, 0.1) is 0 Å². The highest BCUT2D eigenvalue weighted by Gasteiger charge is 2.46. The van der Waals surface area contributed by atoms with Crippen LogP contribution in [0.3, 0.4) is 0 Å². The first kappa shape index (κ1) is 21.3. The lowest BCUT2D eigenvalue weighted by molar-refractivity contribution is -0.166. The van der Waals surface area contributed by atoms with E-state index in [4.69, 9.17) is 11.6 Å². The molecule has 2 aromatic heterocycles. The monoisotopic (exact) mass is 460 g/mol. The van der Waals surface area contributed by atoms with Gasteiger partial charge >= 0.3 is 6.18 Å². The largest absolute Gasteiger partial charge is 0.417 e. The average Bonchev–Trinajstić information content (AvgIpc) is 2.98. The van der Waals surface area contributed by atoms with Gasteiger partial charge in [-0.25, -0.2) is 13.8 Å². The lowest BCUT2D eigenvalue weighted by Gasteiger charge is -2.38. The molecule has 12 heteroatoms. The highest BCUT2D eigenvalue weighted by Crippen LogP contribution is 2.38. The summed E-state index contributed by atoms with van der Waals surface area (Å²) in [6, 6.07) is 3.26. The lowest BCUT2D eigenvalue weighted by Crippen LogP contribution is -2.59. The van der Waals surface area contributed by atoms with Crippen LogP contribution in [0.1, 0.15) is 5.56 Å². The first-order chi connectivity index (χ1) is 14.4. The fourth-order valence-corrected chi connectivity index (χ4v) is 3.70. The van der Waals surface area contributed by atoms with E-state index >= 15 is 0 Å². The number of likely N-dealkylation sites (tertiary alicyclic amines) is 1. The molecule has 1 aliphatic rings. The number of aromatic nitrogens is 3. The summed E-state index contributed by atoms with van der Waals surface area (Å²) in [6.45, 7) is -1.96. The molecule has 1 fully saturated rings. The van der Waals surface area contributed by atoms with Crippen LogP contribution < -0.4 is 5.56 Å². The number of hydrogen-bond donors (Lipinski definition) is 0. The van der Waals surface area contributed by atoms with Crippen molar-refractivity contribution in [2.75, 3.05) is 13.1 Å². The van der Waals surface area contributed by atoms with E-state index in [-0.39, 0.29) is 22.2 Å². The van der Waals surface area contributed by atoms with Crippen molar-refractivity contribution >= 4 is 28.5 Å². The van der Waals surface area contributed by atoms with E-state index < -0.39 is 53.8 Å². The number of hydrogen-bond acceptors (Lipinski definition) is 3. The summed E-state index contributed by atoms with van der Waals surface area (Å²) in [4.78, 5) is 30.2. The maximum Gasteiger partial charge on any atom is 0.417 e. The van der Waals surface area contributed by atoms with Crippen molar-refractivity contribution in [3.05, 3.63) is 51.7 Å². The van der Waals surface area contributed by atoms with Crippen LogP contribution in [0.15, 0.2) is 35.5 Å². The van der Waals surface area contributed by atoms with Gasteiger partial charge in [0.25, 0.3) is 11.5 Å². The SMILES string of the molecule is Cn1cc(-c2ccc(Cl)c(C(F)(F)F)c2)c2c(=O)n(CC(=O)N3CC(F)(F)C3)cnc21. The lowest BCUT2D eigenvalue weighted by atomic mass is 10.0. The molecule has 3 aromatic rings. The third-order valence-corrected chi connectivity index (χ3v) is 5.36. The number of carbonyl (C=O) groups is 1. The second kappa shape index (κ2) is 7.04. The van der Waals surface area contributed by atoms with E-state index in [1.807, 2.05) is 0 Å². The predicted molar refractivity (Wildman–Crippen MR) is 102 cm³/mol. The summed E-state index contributed by atoms with van der Waals surface area (Å²) in [7, 11) is 1.57. The van der Waals surface area contributed by atoms with Gasteiger partial charge in [0.15, 0.2) is 0 Å². The topological polar surface area (TPSA) is 60.1 Å². The summed E-state index contributed by atoms with van der Waals surface area (Å²) < 4.78 is 68.2. The zero-order valence-corrected chi connectivity index (χ0v) is 16.6. The molecule has 1 aliphatic heterocycles. The molecule has 1 saturated heterocycles. The summed E-state index contributed by atoms with van der Waals surface area (Å²) in [5.41, 5.74) is -1.27. The molecule has 0 saturated carbocycles. The number of aryl methyl sites for hydroxylation is 1. The second-order valence-corrected chi connectivity index (χ2v) is 7.74. The number of carbonyl (C=O) groups excluding carboxylic acids is 1. The summed E-state index contributed by atoms with van der Waals surface area (Å²) in [6.07, 6.45) is -2.14. The van der Waals surface area contributed by atoms with Crippen LogP contribution in [0.25, 0.3) is 22.2 Å². The van der Waals surface area contributed by atoms with E-state index in [9.17, 15) is 31.5 Å². The Balaban J connectivity index is 1.77. The molecule has 164 valence electrons. The van der Waals surface area contributed by atoms with Gasteiger partial charge in [0.05, 0.1) is 29.1 Å². The minimum Gasteiger partial charge on any atom is -0.335 e. The van der Waals surface area contributed by atoms with E-state index in [1.54, 1.807) is 7.05 Å². The number of nitrogens with zero attached hydrogens (tertiary/aromatic N) is 4. The van der Waals surface area contributed by atoms with Gasteiger partial charge in [-0.05, 0) is 17.7 Å². The van der Waals surface area contributed by atoms with Crippen LogP contribution in [-0.4, -0.2) is 43.9 Å². The normalized spacial score (nSPS) is 15.9. The van der Waals surface area contributed by atoms with Crippen molar-refractivity contribution in [3.63, 3.8) is 0 Å². The Labute approximate surface area is 176 Å². The summed E-state index contributed by atoms with van der Waals surface area (Å²) >= 11 is 5.68. The Kier molecular flexibility index (Phi) is 4.84. The smallest absolute Gasteiger partial charge is 0.335 e. The molecule has 0 atom stereocenters.